The van der Waals surface area contributed by atoms with Gasteiger partial charge in [-0.25, -0.2) is 4.79 Å². The number of anilines is 1. The van der Waals surface area contributed by atoms with Gasteiger partial charge in [0.1, 0.15) is 5.02 Å². The zero-order valence-electron chi connectivity index (χ0n) is 16.0. The molecule has 0 spiro atoms. The average Bonchev–Trinajstić information content (AvgIpc) is 2.63. The molecule has 3 rings (SSSR count). The Kier molecular flexibility index (Phi) is 5.56. The van der Waals surface area contributed by atoms with Crippen LogP contribution in [-0.4, -0.2) is 16.9 Å². The molecular weight excluding hydrogens is 396 g/mol. The molecule has 3 N–H and O–H groups in total. The Hall–Kier alpha value is -3.39. The highest BCUT2D eigenvalue weighted by Gasteiger charge is 2.32. The highest BCUT2D eigenvalue weighted by atomic mass is 35.5. The van der Waals surface area contributed by atoms with Crippen LogP contribution in [0, 0.1) is 24.0 Å². The van der Waals surface area contributed by atoms with E-state index in [2.05, 4.69) is 16.0 Å². The summed E-state index contributed by atoms with van der Waals surface area (Å²) in [6.45, 7) is 5.44. The van der Waals surface area contributed by atoms with Crippen molar-refractivity contribution in [3.05, 3.63) is 79.5 Å². The number of carbonyl (C=O) groups is 2. The fraction of sp³-hybridized carbons (Fsp3) is 0.200. The van der Waals surface area contributed by atoms with E-state index in [1.54, 1.807) is 19.1 Å². The number of amides is 3. The van der Waals surface area contributed by atoms with E-state index in [0.29, 0.717) is 16.9 Å². The van der Waals surface area contributed by atoms with E-state index < -0.39 is 22.9 Å². The molecule has 1 atom stereocenters. The number of nitrogens with zero attached hydrogens (tertiary/aromatic N) is 1. The zero-order chi connectivity index (χ0) is 21.3. The molecule has 0 bridgehead atoms. The van der Waals surface area contributed by atoms with Crippen LogP contribution in [0.1, 0.15) is 29.7 Å². The van der Waals surface area contributed by atoms with Crippen LogP contribution in [0.3, 0.4) is 0 Å². The van der Waals surface area contributed by atoms with Crippen LogP contribution < -0.4 is 16.0 Å². The number of allylic oxidation sites excluding steroid dienone is 1. The van der Waals surface area contributed by atoms with Gasteiger partial charge in [-0.15, -0.1) is 0 Å². The summed E-state index contributed by atoms with van der Waals surface area (Å²) in [5, 5.41) is 19.3. The number of nitro groups is 1. The molecule has 150 valence electrons. The highest BCUT2D eigenvalue weighted by molar-refractivity contribution is 6.32. The van der Waals surface area contributed by atoms with E-state index in [1.807, 2.05) is 26.0 Å². The number of urea groups is 1. The first-order valence-electron chi connectivity index (χ1n) is 8.78. The quantitative estimate of drug-likeness (QED) is 0.515. The second kappa shape index (κ2) is 7.92. The van der Waals surface area contributed by atoms with Crippen LogP contribution >= 0.6 is 11.6 Å². The molecule has 0 aromatic heterocycles. The van der Waals surface area contributed by atoms with Gasteiger partial charge in [0.15, 0.2) is 0 Å². The molecule has 3 amide bonds. The number of nitro benzene ring substituents is 1. The molecule has 8 nitrogen and oxygen atoms in total. The van der Waals surface area contributed by atoms with Crippen molar-refractivity contribution >= 4 is 34.9 Å². The summed E-state index contributed by atoms with van der Waals surface area (Å²) in [6.07, 6.45) is 0. The van der Waals surface area contributed by atoms with Gasteiger partial charge in [-0.2, -0.15) is 0 Å². The van der Waals surface area contributed by atoms with E-state index in [9.17, 15) is 19.7 Å². The van der Waals surface area contributed by atoms with E-state index in [-0.39, 0.29) is 16.3 Å². The molecule has 0 radical (unpaired) electrons. The van der Waals surface area contributed by atoms with Crippen molar-refractivity contribution in [2.45, 2.75) is 26.8 Å². The first-order chi connectivity index (χ1) is 13.7. The van der Waals surface area contributed by atoms with Gasteiger partial charge in [0.05, 0.1) is 16.5 Å². The summed E-state index contributed by atoms with van der Waals surface area (Å²) in [7, 11) is 0. The van der Waals surface area contributed by atoms with Crippen LogP contribution in [-0.2, 0) is 4.79 Å². The molecule has 0 saturated carbocycles. The van der Waals surface area contributed by atoms with Crippen molar-refractivity contribution in [1.82, 2.24) is 10.6 Å². The van der Waals surface area contributed by atoms with E-state index in [4.69, 9.17) is 11.6 Å². The molecular formula is C20H19ClN4O4. The lowest BCUT2D eigenvalue weighted by molar-refractivity contribution is -0.384. The first kappa shape index (κ1) is 20.3. The largest absolute Gasteiger partial charge is 0.327 e. The number of aryl methyl sites for hydroxylation is 2. The molecule has 0 saturated heterocycles. The second-order valence-corrected chi connectivity index (χ2v) is 7.22. The molecule has 9 heteroatoms. The third kappa shape index (κ3) is 4.22. The van der Waals surface area contributed by atoms with Gasteiger partial charge < -0.3 is 16.0 Å². The van der Waals surface area contributed by atoms with Gasteiger partial charge in [0.25, 0.3) is 11.6 Å². The lowest BCUT2D eigenvalue weighted by atomic mass is 9.94. The molecule has 29 heavy (non-hydrogen) atoms. The number of nitrogens with one attached hydrogen (secondary N) is 3. The maximum Gasteiger partial charge on any atom is 0.319 e. The Morgan fingerprint density at radius 1 is 1.17 bits per heavy atom. The smallest absolute Gasteiger partial charge is 0.319 e. The van der Waals surface area contributed by atoms with Crippen molar-refractivity contribution in [3.63, 3.8) is 0 Å². The van der Waals surface area contributed by atoms with Crippen LogP contribution in [0.4, 0.5) is 16.2 Å². The minimum atomic E-state index is -0.870. The van der Waals surface area contributed by atoms with Crippen molar-refractivity contribution in [3.8, 4) is 0 Å². The van der Waals surface area contributed by atoms with E-state index in [1.165, 1.54) is 12.1 Å². The number of benzene rings is 2. The minimum Gasteiger partial charge on any atom is -0.327 e. The average molecular weight is 415 g/mol. The van der Waals surface area contributed by atoms with Gasteiger partial charge in [-0.05, 0) is 44.0 Å². The van der Waals surface area contributed by atoms with Crippen LogP contribution in [0.15, 0.2) is 47.7 Å². The number of hydrogen-bond acceptors (Lipinski definition) is 4. The predicted molar refractivity (Wildman–Crippen MR) is 110 cm³/mol. The van der Waals surface area contributed by atoms with Gasteiger partial charge in [0, 0.05) is 17.5 Å². The van der Waals surface area contributed by atoms with E-state index >= 15 is 0 Å². The molecule has 2 aromatic carbocycles. The van der Waals surface area contributed by atoms with Crippen LogP contribution in [0.25, 0.3) is 0 Å². The highest BCUT2D eigenvalue weighted by Crippen LogP contribution is 2.33. The van der Waals surface area contributed by atoms with Crippen molar-refractivity contribution in [1.29, 1.82) is 0 Å². The maximum atomic E-state index is 13.1. The Labute approximate surface area is 172 Å². The Morgan fingerprint density at radius 3 is 2.55 bits per heavy atom. The number of halogens is 1. The second-order valence-electron chi connectivity index (χ2n) is 6.81. The molecule has 0 aliphatic carbocycles. The Morgan fingerprint density at radius 2 is 1.90 bits per heavy atom. The number of rotatable bonds is 4. The minimum absolute atomic E-state index is 0.0269. The summed E-state index contributed by atoms with van der Waals surface area (Å²) < 4.78 is 0. The molecule has 0 fully saturated rings. The Balaban J connectivity index is 2.01. The molecule has 0 unspecified atom stereocenters. The molecule has 1 aliphatic rings. The van der Waals surface area contributed by atoms with Crippen molar-refractivity contribution in [2.24, 2.45) is 0 Å². The monoisotopic (exact) mass is 414 g/mol. The predicted octanol–water partition coefficient (Wildman–Crippen LogP) is 4.13. The fourth-order valence-electron chi connectivity index (χ4n) is 3.24. The summed E-state index contributed by atoms with van der Waals surface area (Å²) in [5.74, 6) is -0.426. The van der Waals surface area contributed by atoms with Crippen molar-refractivity contribution in [2.75, 3.05) is 5.32 Å². The van der Waals surface area contributed by atoms with Gasteiger partial charge in [-0.1, -0.05) is 35.4 Å². The third-order valence-corrected chi connectivity index (χ3v) is 4.96. The normalized spacial score (nSPS) is 16.1. The zero-order valence-corrected chi connectivity index (χ0v) is 16.8. The van der Waals surface area contributed by atoms with Gasteiger partial charge >= 0.3 is 6.03 Å². The van der Waals surface area contributed by atoms with Gasteiger partial charge in [-0.3, -0.25) is 14.9 Å². The third-order valence-electron chi connectivity index (χ3n) is 4.64. The lowest BCUT2D eigenvalue weighted by Gasteiger charge is -2.28. The molecule has 1 heterocycles. The van der Waals surface area contributed by atoms with Gasteiger partial charge in [0.2, 0.25) is 0 Å². The number of hydrogen-bond donors (Lipinski definition) is 3. The van der Waals surface area contributed by atoms with Crippen LogP contribution in [0.5, 0.6) is 0 Å². The standard InChI is InChI=1S/C20H19ClN4O4/c1-10-4-7-15(11(2)8-10)23-19(26)17-12(3)22-20(27)24-18(17)13-5-6-14(21)16(9-13)25(28)29/h4-9,18H,1-3H3,(H,23,26)(H2,22,24,27)/t18-/m1/s1. The van der Waals surface area contributed by atoms with Crippen LogP contribution in [0.2, 0.25) is 5.02 Å². The topological polar surface area (TPSA) is 113 Å². The van der Waals surface area contributed by atoms with E-state index in [0.717, 1.165) is 11.1 Å². The summed E-state index contributed by atoms with van der Waals surface area (Å²) in [4.78, 5) is 35.7. The lowest BCUT2D eigenvalue weighted by Crippen LogP contribution is -2.46. The SMILES string of the molecule is CC1=C(C(=O)Nc2ccc(C)cc2C)[C@@H](c2ccc(Cl)c([N+](=O)[O-])c2)NC(=O)N1. The summed E-state index contributed by atoms with van der Waals surface area (Å²) >= 11 is 5.89. The first-order valence-corrected chi connectivity index (χ1v) is 9.16. The Bertz CT molecular complexity index is 1060. The van der Waals surface area contributed by atoms with Crippen molar-refractivity contribution < 1.29 is 14.5 Å². The number of carbonyl (C=O) groups excluding carboxylic acids is 2. The molecule has 2 aromatic rings. The maximum absolute atomic E-state index is 13.1. The summed E-state index contributed by atoms with van der Waals surface area (Å²) in [5.41, 5.74) is 3.28. The summed E-state index contributed by atoms with van der Waals surface area (Å²) in [6, 6.07) is 8.43. The molecule has 1 aliphatic heterocycles. The fourth-order valence-corrected chi connectivity index (χ4v) is 3.42.